The molecule has 0 aliphatic heterocycles. The van der Waals surface area contributed by atoms with E-state index < -0.39 is 0 Å². The highest BCUT2D eigenvalue weighted by Crippen LogP contribution is 2.23. The molecule has 3 heteroatoms. The van der Waals surface area contributed by atoms with E-state index in [0.717, 1.165) is 19.4 Å². The zero-order valence-corrected chi connectivity index (χ0v) is 10.6. The van der Waals surface area contributed by atoms with Crippen molar-refractivity contribution in [3.8, 4) is 0 Å². The molecule has 0 spiro atoms. The summed E-state index contributed by atoms with van der Waals surface area (Å²) in [7, 11) is 0. The summed E-state index contributed by atoms with van der Waals surface area (Å²) in [5, 5.41) is 0. The molecule has 3 nitrogen and oxygen atoms in total. The third-order valence-corrected chi connectivity index (χ3v) is 3.40. The number of amides is 1. The van der Waals surface area contributed by atoms with E-state index in [1.807, 2.05) is 0 Å². The summed E-state index contributed by atoms with van der Waals surface area (Å²) < 4.78 is 0. The molecule has 0 aromatic rings. The molecule has 0 aromatic heterocycles. The highest BCUT2D eigenvalue weighted by atomic mass is 16.2. The van der Waals surface area contributed by atoms with Crippen molar-refractivity contribution in [1.82, 2.24) is 4.90 Å². The molecule has 0 aromatic carbocycles. The van der Waals surface area contributed by atoms with Gasteiger partial charge in [0.05, 0.1) is 0 Å². The van der Waals surface area contributed by atoms with Crippen LogP contribution in [0.15, 0.2) is 0 Å². The van der Waals surface area contributed by atoms with Crippen LogP contribution in [0, 0.1) is 0 Å². The number of hydrogen-bond acceptors (Lipinski definition) is 2. The molecule has 1 aliphatic carbocycles. The van der Waals surface area contributed by atoms with Crippen molar-refractivity contribution >= 4 is 5.91 Å². The first-order valence-corrected chi connectivity index (χ1v) is 6.79. The van der Waals surface area contributed by atoms with E-state index in [1.54, 1.807) is 0 Å². The lowest BCUT2D eigenvalue weighted by Crippen LogP contribution is -2.42. The topological polar surface area (TPSA) is 46.3 Å². The minimum Gasteiger partial charge on any atom is -0.340 e. The standard InChI is InChI=1S/C13H26N2O/c1-2-7-13(16)15(11-6-10-14)12-8-4-3-5-9-12/h12H,2-11,14H2,1H3. The zero-order valence-electron chi connectivity index (χ0n) is 10.6. The van der Waals surface area contributed by atoms with Gasteiger partial charge >= 0.3 is 0 Å². The molecule has 94 valence electrons. The molecule has 16 heavy (non-hydrogen) atoms. The van der Waals surface area contributed by atoms with Crippen molar-refractivity contribution < 1.29 is 4.79 Å². The molecule has 0 atom stereocenters. The maximum Gasteiger partial charge on any atom is 0.222 e. The molecule has 1 rings (SSSR count). The van der Waals surface area contributed by atoms with Crippen molar-refractivity contribution in [2.24, 2.45) is 5.73 Å². The number of nitrogens with zero attached hydrogens (tertiary/aromatic N) is 1. The minimum absolute atomic E-state index is 0.336. The SMILES string of the molecule is CCCC(=O)N(CCCN)C1CCCCC1. The normalized spacial score (nSPS) is 17.4. The molecule has 0 radical (unpaired) electrons. The Bertz CT molecular complexity index is 200. The molecule has 0 heterocycles. The molecule has 1 aliphatic rings. The Morgan fingerprint density at radius 3 is 2.56 bits per heavy atom. The molecule has 0 saturated heterocycles. The number of rotatable bonds is 6. The summed E-state index contributed by atoms with van der Waals surface area (Å²) in [6.07, 6.45) is 8.87. The Hall–Kier alpha value is -0.570. The van der Waals surface area contributed by atoms with Crippen molar-refractivity contribution in [3.05, 3.63) is 0 Å². The maximum atomic E-state index is 12.0. The predicted molar refractivity (Wildman–Crippen MR) is 67.2 cm³/mol. The lowest BCUT2D eigenvalue weighted by Gasteiger charge is -2.34. The van der Waals surface area contributed by atoms with Crippen LogP contribution in [0.25, 0.3) is 0 Å². The fourth-order valence-electron chi connectivity index (χ4n) is 2.52. The van der Waals surface area contributed by atoms with Crippen LogP contribution in [0.5, 0.6) is 0 Å². The third kappa shape index (κ3) is 4.12. The number of carbonyl (C=O) groups excluding carboxylic acids is 1. The second-order valence-electron chi connectivity index (χ2n) is 4.77. The summed E-state index contributed by atoms with van der Waals surface area (Å²) in [5.41, 5.74) is 5.54. The molecule has 0 unspecified atom stereocenters. The van der Waals surface area contributed by atoms with Crippen molar-refractivity contribution in [1.29, 1.82) is 0 Å². The summed E-state index contributed by atoms with van der Waals surface area (Å²) >= 11 is 0. The van der Waals surface area contributed by atoms with Gasteiger partial charge in [0, 0.05) is 19.0 Å². The lowest BCUT2D eigenvalue weighted by atomic mass is 9.93. The van der Waals surface area contributed by atoms with Crippen LogP contribution in [0.2, 0.25) is 0 Å². The Morgan fingerprint density at radius 2 is 2.00 bits per heavy atom. The molecular formula is C13H26N2O. The maximum absolute atomic E-state index is 12.0. The van der Waals surface area contributed by atoms with Gasteiger partial charge in [-0.2, -0.15) is 0 Å². The van der Waals surface area contributed by atoms with Crippen LogP contribution in [0.4, 0.5) is 0 Å². The monoisotopic (exact) mass is 226 g/mol. The highest BCUT2D eigenvalue weighted by Gasteiger charge is 2.23. The fraction of sp³-hybridized carbons (Fsp3) is 0.923. The minimum atomic E-state index is 0.336. The summed E-state index contributed by atoms with van der Waals surface area (Å²) in [6, 6.07) is 0.499. The van der Waals surface area contributed by atoms with Crippen LogP contribution in [-0.4, -0.2) is 29.9 Å². The number of carbonyl (C=O) groups is 1. The Labute approximate surface area is 99.4 Å². The van der Waals surface area contributed by atoms with Gasteiger partial charge in [-0.25, -0.2) is 0 Å². The van der Waals surface area contributed by atoms with E-state index in [2.05, 4.69) is 11.8 Å². The van der Waals surface area contributed by atoms with Gasteiger partial charge in [-0.05, 0) is 32.2 Å². The van der Waals surface area contributed by atoms with Gasteiger partial charge in [-0.3, -0.25) is 4.79 Å². The number of nitrogens with two attached hydrogens (primary N) is 1. The van der Waals surface area contributed by atoms with Crippen molar-refractivity contribution in [2.45, 2.75) is 64.3 Å². The summed E-state index contributed by atoms with van der Waals surface area (Å²) in [5.74, 6) is 0.336. The Kier molecular flexibility index (Phi) is 6.46. The quantitative estimate of drug-likeness (QED) is 0.755. The smallest absolute Gasteiger partial charge is 0.222 e. The van der Waals surface area contributed by atoms with Gasteiger partial charge in [-0.1, -0.05) is 26.2 Å². The lowest BCUT2D eigenvalue weighted by molar-refractivity contribution is -0.134. The molecule has 1 fully saturated rings. The van der Waals surface area contributed by atoms with E-state index >= 15 is 0 Å². The second-order valence-corrected chi connectivity index (χ2v) is 4.77. The third-order valence-electron chi connectivity index (χ3n) is 3.40. The van der Waals surface area contributed by atoms with Crippen LogP contribution in [0.3, 0.4) is 0 Å². The van der Waals surface area contributed by atoms with Crippen LogP contribution in [0.1, 0.15) is 58.3 Å². The van der Waals surface area contributed by atoms with Gasteiger partial charge in [0.15, 0.2) is 0 Å². The molecule has 1 saturated carbocycles. The second kappa shape index (κ2) is 7.66. The van der Waals surface area contributed by atoms with Crippen LogP contribution in [-0.2, 0) is 4.79 Å². The van der Waals surface area contributed by atoms with Crippen molar-refractivity contribution in [2.75, 3.05) is 13.1 Å². The largest absolute Gasteiger partial charge is 0.340 e. The van der Waals surface area contributed by atoms with Gasteiger partial charge < -0.3 is 10.6 Å². The molecule has 0 bridgehead atoms. The Morgan fingerprint density at radius 1 is 1.31 bits per heavy atom. The van der Waals surface area contributed by atoms with Crippen LogP contribution >= 0.6 is 0 Å². The highest BCUT2D eigenvalue weighted by molar-refractivity contribution is 5.76. The first kappa shape index (κ1) is 13.5. The average Bonchev–Trinajstić information content (AvgIpc) is 2.31. The van der Waals surface area contributed by atoms with E-state index in [4.69, 9.17) is 5.73 Å². The van der Waals surface area contributed by atoms with E-state index in [-0.39, 0.29) is 0 Å². The first-order chi connectivity index (χ1) is 7.79. The zero-order chi connectivity index (χ0) is 11.8. The van der Waals surface area contributed by atoms with Gasteiger partial charge in [-0.15, -0.1) is 0 Å². The van der Waals surface area contributed by atoms with E-state index in [0.29, 0.717) is 24.9 Å². The predicted octanol–water partition coefficient (Wildman–Crippen LogP) is 2.30. The first-order valence-electron chi connectivity index (χ1n) is 6.79. The van der Waals surface area contributed by atoms with Gasteiger partial charge in [0.2, 0.25) is 5.91 Å². The molecular weight excluding hydrogens is 200 g/mol. The van der Waals surface area contributed by atoms with Crippen LogP contribution < -0.4 is 5.73 Å². The molecule has 2 N–H and O–H groups in total. The summed E-state index contributed by atoms with van der Waals surface area (Å²) in [4.78, 5) is 14.1. The molecule has 1 amide bonds. The van der Waals surface area contributed by atoms with E-state index in [1.165, 1.54) is 32.1 Å². The number of hydrogen-bond donors (Lipinski definition) is 1. The van der Waals surface area contributed by atoms with Gasteiger partial charge in [0.25, 0.3) is 0 Å². The van der Waals surface area contributed by atoms with E-state index in [9.17, 15) is 4.79 Å². The van der Waals surface area contributed by atoms with Gasteiger partial charge in [0.1, 0.15) is 0 Å². The Balaban J connectivity index is 2.50. The summed E-state index contributed by atoms with van der Waals surface area (Å²) in [6.45, 7) is 3.61. The average molecular weight is 226 g/mol. The van der Waals surface area contributed by atoms with Crippen molar-refractivity contribution in [3.63, 3.8) is 0 Å². The fourth-order valence-corrected chi connectivity index (χ4v) is 2.52.